The highest BCUT2D eigenvalue weighted by Crippen LogP contribution is 2.48. The zero-order valence-corrected chi connectivity index (χ0v) is 11.4. The molecule has 1 saturated heterocycles. The highest BCUT2D eigenvalue weighted by atomic mass is 16.4. The summed E-state index contributed by atoms with van der Waals surface area (Å²) < 4.78 is 0. The molecule has 2 rings (SSSR count). The van der Waals surface area contributed by atoms with Crippen LogP contribution in [-0.2, 0) is 14.4 Å². The van der Waals surface area contributed by atoms with Crippen LogP contribution in [0.2, 0.25) is 0 Å². The number of hydrogen-bond acceptors (Lipinski definition) is 3. The molecule has 2 atom stereocenters. The van der Waals surface area contributed by atoms with Gasteiger partial charge in [-0.15, -0.1) is 0 Å². The van der Waals surface area contributed by atoms with Crippen LogP contribution in [0.25, 0.3) is 0 Å². The molecule has 0 radical (unpaired) electrons. The van der Waals surface area contributed by atoms with E-state index in [0.717, 1.165) is 12.8 Å². The zero-order chi connectivity index (χ0) is 14.2. The second kappa shape index (κ2) is 4.83. The van der Waals surface area contributed by atoms with Crippen molar-refractivity contribution in [3.8, 4) is 0 Å². The van der Waals surface area contributed by atoms with Gasteiger partial charge in [0.2, 0.25) is 11.8 Å². The number of nitrogens with zero attached hydrogens (tertiary/aromatic N) is 2. The largest absolute Gasteiger partial charge is 0.481 e. The number of fused-ring (bicyclic) bond motifs is 1. The van der Waals surface area contributed by atoms with E-state index in [9.17, 15) is 19.5 Å². The van der Waals surface area contributed by atoms with Crippen LogP contribution in [0.3, 0.4) is 0 Å². The van der Waals surface area contributed by atoms with E-state index in [1.54, 1.807) is 11.9 Å². The second-order valence-electron chi connectivity index (χ2n) is 5.70. The van der Waals surface area contributed by atoms with Crippen LogP contribution in [0.5, 0.6) is 0 Å². The lowest BCUT2D eigenvalue weighted by atomic mass is 9.81. The first-order valence-electron chi connectivity index (χ1n) is 6.59. The van der Waals surface area contributed by atoms with E-state index >= 15 is 0 Å². The number of rotatable bonds is 3. The van der Waals surface area contributed by atoms with Gasteiger partial charge in [-0.05, 0) is 18.8 Å². The number of carboxylic acids is 1. The standard InChI is InChI=1S/C13H20N2O4/c1-9(16)14(2)7-11(17)15-6-10-4-3-5-13(10,8-15)12(18)19/h10H,3-8H2,1-2H3,(H,18,19)/t10-,13+/m0/s1. The lowest BCUT2D eigenvalue weighted by molar-refractivity contribution is -0.150. The van der Waals surface area contributed by atoms with Gasteiger partial charge in [0.05, 0.1) is 12.0 Å². The Labute approximate surface area is 112 Å². The fourth-order valence-electron chi connectivity index (χ4n) is 3.24. The molecule has 106 valence electrons. The summed E-state index contributed by atoms with van der Waals surface area (Å²) in [5.41, 5.74) is -0.746. The SMILES string of the molecule is CC(=O)N(C)CC(=O)N1C[C@@H]2CCC[C@@]2(C(=O)O)C1. The quantitative estimate of drug-likeness (QED) is 0.792. The van der Waals surface area contributed by atoms with E-state index in [4.69, 9.17) is 0 Å². The van der Waals surface area contributed by atoms with Gasteiger partial charge in [-0.2, -0.15) is 0 Å². The summed E-state index contributed by atoms with van der Waals surface area (Å²) in [5, 5.41) is 9.44. The third-order valence-electron chi connectivity index (χ3n) is 4.56. The fourth-order valence-corrected chi connectivity index (χ4v) is 3.24. The Hall–Kier alpha value is -1.59. The van der Waals surface area contributed by atoms with E-state index in [2.05, 4.69) is 0 Å². The van der Waals surface area contributed by atoms with Crippen LogP contribution in [0.15, 0.2) is 0 Å². The van der Waals surface area contributed by atoms with Gasteiger partial charge in [-0.25, -0.2) is 0 Å². The Balaban J connectivity index is 2.04. The summed E-state index contributed by atoms with van der Waals surface area (Å²) >= 11 is 0. The van der Waals surface area contributed by atoms with Gasteiger partial charge in [-0.1, -0.05) is 6.42 Å². The van der Waals surface area contributed by atoms with Gasteiger partial charge in [-0.3, -0.25) is 14.4 Å². The molecule has 0 aromatic carbocycles. The van der Waals surface area contributed by atoms with Gasteiger partial charge in [0.1, 0.15) is 0 Å². The lowest BCUT2D eigenvalue weighted by Gasteiger charge is -2.24. The maximum absolute atomic E-state index is 12.1. The molecular weight excluding hydrogens is 248 g/mol. The summed E-state index contributed by atoms with van der Waals surface area (Å²) in [6.07, 6.45) is 2.45. The maximum Gasteiger partial charge on any atom is 0.311 e. The Kier molecular flexibility index (Phi) is 3.52. The Morgan fingerprint density at radius 3 is 2.63 bits per heavy atom. The number of amides is 2. The van der Waals surface area contributed by atoms with Crippen LogP contribution >= 0.6 is 0 Å². The number of aliphatic carboxylic acids is 1. The monoisotopic (exact) mass is 268 g/mol. The minimum atomic E-state index is -0.787. The predicted octanol–water partition coefficient (Wildman–Crippen LogP) is 0.178. The second-order valence-corrected chi connectivity index (χ2v) is 5.70. The molecule has 2 aliphatic rings. The molecule has 1 saturated carbocycles. The molecule has 0 aromatic rings. The zero-order valence-electron chi connectivity index (χ0n) is 11.4. The van der Waals surface area contributed by atoms with Crippen molar-refractivity contribution in [2.75, 3.05) is 26.7 Å². The third-order valence-corrected chi connectivity index (χ3v) is 4.56. The summed E-state index contributed by atoms with van der Waals surface area (Å²) in [4.78, 5) is 37.7. The van der Waals surface area contributed by atoms with Gasteiger partial charge < -0.3 is 14.9 Å². The Morgan fingerprint density at radius 1 is 1.42 bits per heavy atom. The van der Waals surface area contributed by atoms with Crippen molar-refractivity contribution in [1.29, 1.82) is 0 Å². The molecule has 2 amide bonds. The van der Waals surface area contributed by atoms with Crippen molar-refractivity contribution >= 4 is 17.8 Å². The van der Waals surface area contributed by atoms with Crippen molar-refractivity contribution in [2.45, 2.75) is 26.2 Å². The molecule has 0 bridgehead atoms. The molecule has 6 heteroatoms. The Bertz CT molecular complexity index is 423. The first kappa shape index (κ1) is 13.8. The van der Waals surface area contributed by atoms with Crippen molar-refractivity contribution in [3.05, 3.63) is 0 Å². The first-order valence-corrected chi connectivity index (χ1v) is 6.59. The molecule has 6 nitrogen and oxygen atoms in total. The number of carbonyl (C=O) groups excluding carboxylic acids is 2. The van der Waals surface area contributed by atoms with Crippen molar-refractivity contribution in [3.63, 3.8) is 0 Å². The van der Waals surface area contributed by atoms with Crippen LogP contribution < -0.4 is 0 Å². The van der Waals surface area contributed by atoms with Crippen LogP contribution in [0, 0.1) is 11.3 Å². The average Bonchev–Trinajstić information content (AvgIpc) is 2.85. The molecule has 1 N–H and O–H groups in total. The van der Waals surface area contributed by atoms with E-state index in [-0.39, 0.29) is 30.8 Å². The molecule has 1 aliphatic carbocycles. The molecule has 0 spiro atoms. The third kappa shape index (κ3) is 2.31. The minimum absolute atomic E-state index is 0.0255. The van der Waals surface area contributed by atoms with Crippen molar-refractivity contribution in [1.82, 2.24) is 9.80 Å². The highest BCUT2D eigenvalue weighted by molar-refractivity contribution is 5.85. The van der Waals surface area contributed by atoms with Gasteiger partial charge in [0, 0.05) is 27.1 Å². The van der Waals surface area contributed by atoms with Crippen LogP contribution in [0.4, 0.5) is 0 Å². The summed E-state index contributed by atoms with van der Waals surface area (Å²) in [5.74, 6) is -1.05. The number of carboxylic acid groups (broad SMARTS) is 1. The number of carbonyl (C=O) groups is 3. The van der Waals surface area contributed by atoms with Crippen LogP contribution in [0.1, 0.15) is 26.2 Å². The molecule has 0 aromatic heterocycles. The van der Waals surface area contributed by atoms with E-state index in [1.807, 2.05) is 0 Å². The fraction of sp³-hybridized carbons (Fsp3) is 0.769. The van der Waals surface area contributed by atoms with Gasteiger partial charge in [0.25, 0.3) is 0 Å². The maximum atomic E-state index is 12.1. The molecule has 1 aliphatic heterocycles. The summed E-state index contributed by atoms with van der Waals surface area (Å²) in [7, 11) is 1.57. The number of likely N-dealkylation sites (tertiary alicyclic amines) is 1. The van der Waals surface area contributed by atoms with E-state index in [0.29, 0.717) is 13.0 Å². The van der Waals surface area contributed by atoms with E-state index < -0.39 is 11.4 Å². The van der Waals surface area contributed by atoms with E-state index in [1.165, 1.54) is 11.8 Å². The number of likely N-dealkylation sites (N-methyl/N-ethyl adjacent to an activating group) is 1. The van der Waals surface area contributed by atoms with Crippen molar-refractivity contribution < 1.29 is 19.5 Å². The van der Waals surface area contributed by atoms with Crippen LogP contribution in [-0.4, -0.2) is 59.4 Å². The topological polar surface area (TPSA) is 77.9 Å². The van der Waals surface area contributed by atoms with Gasteiger partial charge in [0.15, 0.2) is 0 Å². The average molecular weight is 268 g/mol. The first-order chi connectivity index (χ1) is 8.86. The summed E-state index contributed by atoms with van der Waals surface area (Å²) in [6.45, 7) is 2.23. The number of hydrogen-bond donors (Lipinski definition) is 1. The molecule has 0 unspecified atom stereocenters. The molecular formula is C13H20N2O4. The smallest absolute Gasteiger partial charge is 0.311 e. The predicted molar refractivity (Wildman–Crippen MR) is 67.3 cm³/mol. The summed E-state index contributed by atoms with van der Waals surface area (Å²) in [6, 6.07) is 0. The minimum Gasteiger partial charge on any atom is -0.481 e. The molecule has 2 fully saturated rings. The Morgan fingerprint density at radius 2 is 2.11 bits per heavy atom. The molecule has 1 heterocycles. The lowest BCUT2D eigenvalue weighted by Crippen LogP contribution is -2.41. The normalized spacial score (nSPS) is 29.2. The van der Waals surface area contributed by atoms with Crippen molar-refractivity contribution in [2.24, 2.45) is 11.3 Å². The highest BCUT2D eigenvalue weighted by Gasteiger charge is 2.55. The molecule has 19 heavy (non-hydrogen) atoms. The van der Waals surface area contributed by atoms with Gasteiger partial charge >= 0.3 is 5.97 Å².